The fourth-order valence-electron chi connectivity index (χ4n) is 1.21. The van der Waals surface area contributed by atoms with Crippen LogP contribution in [0.15, 0.2) is 6.33 Å². The standard InChI is InChI=1S/C10H18N4O2/c1-10(2,5-15)14(3)9-7(16-4)8(11)12-6-13-9/h6,15H,5H2,1-4H3,(H2,11,12,13). The van der Waals surface area contributed by atoms with Gasteiger partial charge in [0.2, 0.25) is 5.75 Å². The zero-order valence-corrected chi connectivity index (χ0v) is 10.1. The van der Waals surface area contributed by atoms with E-state index in [1.807, 2.05) is 25.8 Å². The van der Waals surface area contributed by atoms with Crippen molar-refractivity contribution >= 4 is 11.6 Å². The maximum Gasteiger partial charge on any atom is 0.204 e. The number of hydrogen-bond donors (Lipinski definition) is 2. The second-order valence-corrected chi connectivity index (χ2v) is 4.15. The molecule has 0 aliphatic carbocycles. The Balaban J connectivity index is 3.18. The molecule has 0 aliphatic heterocycles. The Hall–Kier alpha value is -1.56. The minimum absolute atomic E-state index is 0.00341. The second kappa shape index (κ2) is 4.52. The summed E-state index contributed by atoms with van der Waals surface area (Å²) in [5.41, 5.74) is 5.24. The summed E-state index contributed by atoms with van der Waals surface area (Å²) in [6.45, 7) is 3.78. The van der Waals surface area contributed by atoms with Crippen molar-refractivity contribution in [1.29, 1.82) is 0 Å². The molecule has 1 aromatic rings. The van der Waals surface area contributed by atoms with Crippen LogP contribution in [0.25, 0.3) is 0 Å². The molecule has 0 saturated heterocycles. The van der Waals surface area contributed by atoms with Crippen molar-refractivity contribution in [3.63, 3.8) is 0 Å². The van der Waals surface area contributed by atoms with E-state index in [-0.39, 0.29) is 12.4 Å². The molecule has 1 heterocycles. The molecule has 0 aliphatic rings. The Kier molecular flexibility index (Phi) is 3.54. The van der Waals surface area contributed by atoms with Gasteiger partial charge in [-0.2, -0.15) is 0 Å². The number of hydrogen-bond acceptors (Lipinski definition) is 6. The van der Waals surface area contributed by atoms with Crippen molar-refractivity contribution < 1.29 is 9.84 Å². The van der Waals surface area contributed by atoms with E-state index in [1.54, 1.807) is 0 Å². The van der Waals surface area contributed by atoms with Crippen molar-refractivity contribution in [2.45, 2.75) is 19.4 Å². The smallest absolute Gasteiger partial charge is 0.204 e. The van der Waals surface area contributed by atoms with Gasteiger partial charge in [-0.1, -0.05) is 0 Å². The number of nitrogens with two attached hydrogens (primary N) is 1. The number of nitrogens with zero attached hydrogens (tertiary/aromatic N) is 3. The highest BCUT2D eigenvalue weighted by Crippen LogP contribution is 2.32. The van der Waals surface area contributed by atoms with Crippen LogP contribution in [0.1, 0.15) is 13.8 Å². The van der Waals surface area contributed by atoms with Crippen molar-refractivity contribution in [2.75, 3.05) is 31.4 Å². The molecule has 0 unspecified atom stereocenters. The molecular formula is C10H18N4O2. The average Bonchev–Trinajstić information content (AvgIpc) is 2.27. The molecule has 0 atom stereocenters. The van der Waals surface area contributed by atoms with E-state index < -0.39 is 5.54 Å². The number of rotatable bonds is 4. The van der Waals surface area contributed by atoms with Crippen LogP contribution in [-0.4, -0.2) is 41.4 Å². The minimum atomic E-state index is -0.450. The lowest BCUT2D eigenvalue weighted by Crippen LogP contribution is -2.45. The number of ether oxygens (including phenoxy) is 1. The molecule has 1 aromatic heterocycles. The Labute approximate surface area is 95.1 Å². The molecule has 0 spiro atoms. The molecule has 0 amide bonds. The maximum absolute atomic E-state index is 9.30. The van der Waals surface area contributed by atoms with Crippen LogP contribution in [0, 0.1) is 0 Å². The Morgan fingerprint density at radius 3 is 2.62 bits per heavy atom. The zero-order chi connectivity index (χ0) is 12.3. The van der Waals surface area contributed by atoms with Gasteiger partial charge in [0, 0.05) is 7.05 Å². The molecule has 0 saturated carbocycles. The van der Waals surface area contributed by atoms with E-state index in [2.05, 4.69) is 9.97 Å². The third-order valence-electron chi connectivity index (χ3n) is 2.63. The lowest BCUT2D eigenvalue weighted by molar-refractivity contribution is 0.215. The maximum atomic E-state index is 9.30. The lowest BCUT2D eigenvalue weighted by Gasteiger charge is -2.35. The fourth-order valence-corrected chi connectivity index (χ4v) is 1.21. The van der Waals surface area contributed by atoms with E-state index in [0.717, 1.165) is 0 Å². The van der Waals surface area contributed by atoms with E-state index >= 15 is 0 Å². The predicted octanol–water partition coefficient (Wildman–Crippen LogP) is 0.275. The van der Waals surface area contributed by atoms with Crippen LogP contribution >= 0.6 is 0 Å². The summed E-state index contributed by atoms with van der Waals surface area (Å²) < 4.78 is 5.16. The normalized spacial score (nSPS) is 11.3. The van der Waals surface area contributed by atoms with Gasteiger partial charge in [-0.25, -0.2) is 9.97 Å². The number of aromatic nitrogens is 2. The first-order valence-corrected chi connectivity index (χ1v) is 4.93. The lowest BCUT2D eigenvalue weighted by atomic mass is 10.1. The number of anilines is 2. The van der Waals surface area contributed by atoms with Gasteiger partial charge in [-0.05, 0) is 13.8 Å². The fraction of sp³-hybridized carbons (Fsp3) is 0.600. The number of likely N-dealkylation sites (N-methyl/N-ethyl adjacent to an activating group) is 1. The number of methoxy groups -OCH3 is 1. The monoisotopic (exact) mass is 226 g/mol. The van der Waals surface area contributed by atoms with Gasteiger partial charge in [0.15, 0.2) is 11.6 Å². The molecule has 0 bridgehead atoms. The topological polar surface area (TPSA) is 84.5 Å². The summed E-state index contributed by atoms with van der Waals surface area (Å²) in [5.74, 6) is 1.27. The van der Waals surface area contributed by atoms with Gasteiger partial charge in [0.1, 0.15) is 6.33 Å². The second-order valence-electron chi connectivity index (χ2n) is 4.15. The average molecular weight is 226 g/mol. The molecule has 0 fully saturated rings. The molecule has 0 radical (unpaired) electrons. The Morgan fingerprint density at radius 1 is 1.50 bits per heavy atom. The Morgan fingerprint density at radius 2 is 2.12 bits per heavy atom. The molecule has 0 aromatic carbocycles. The molecule has 6 heteroatoms. The molecule has 1 rings (SSSR count). The molecule has 90 valence electrons. The highest BCUT2D eigenvalue weighted by atomic mass is 16.5. The van der Waals surface area contributed by atoms with Crippen molar-refractivity contribution in [3.05, 3.63) is 6.33 Å². The first-order chi connectivity index (χ1) is 7.44. The highest BCUT2D eigenvalue weighted by Gasteiger charge is 2.27. The highest BCUT2D eigenvalue weighted by molar-refractivity contribution is 5.63. The first kappa shape index (κ1) is 12.5. The summed E-state index contributed by atoms with van der Waals surface area (Å²) in [6.07, 6.45) is 1.37. The number of nitrogen functional groups attached to an aromatic ring is 1. The van der Waals surface area contributed by atoms with Crippen molar-refractivity contribution in [1.82, 2.24) is 9.97 Å². The quantitative estimate of drug-likeness (QED) is 0.767. The summed E-state index contributed by atoms with van der Waals surface area (Å²) >= 11 is 0. The third kappa shape index (κ3) is 2.16. The summed E-state index contributed by atoms with van der Waals surface area (Å²) in [4.78, 5) is 9.79. The minimum Gasteiger partial charge on any atom is -0.490 e. The van der Waals surface area contributed by atoms with Crippen LogP contribution < -0.4 is 15.4 Å². The summed E-state index contributed by atoms with van der Waals surface area (Å²) in [7, 11) is 3.33. The number of aliphatic hydroxyl groups is 1. The van der Waals surface area contributed by atoms with Crippen LogP contribution in [0.5, 0.6) is 5.75 Å². The van der Waals surface area contributed by atoms with Crippen LogP contribution in [0.3, 0.4) is 0 Å². The van der Waals surface area contributed by atoms with Gasteiger partial charge in [-0.15, -0.1) is 0 Å². The number of aliphatic hydroxyl groups excluding tert-OH is 1. The SMILES string of the molecule is COc1c(N)ncnc1N(C)C(C)(C)CO. The molecule has 6 nitrogen and oxygen atoms in total. The van der Waals surface area contributed by atoms with Crippen LogP contribution in [0.2, 0.25) is 0 Å². The predicted molar refractivity (Wildman–Crippen MR) is 62.6 cm³/mol. The van der Waals surface area contributed by atoms with Gasteiger partial charge in [0.25, 0.3) is 0 Å². The van der Waals surface area contributed by atoms with Crippen LogP contribution in [-0.2, 0) is 0 Å². The molecule has 16 heavy (non-hydrogen) atoms. The largest absolute Gasteiger partial charge is 0.490 e. The van der Waals surface area contributed by atoms with E-state index in [0.29, 0.717) is 11.6 Å². The summed E-state index contributed by atoms with van der Waals surface area (Å²) in [6, 6.07) is 0. The van der Waals surface area contributed by atoms with Gasteiger partial charge < -0.3 is 20.5 Å². The van der Waals surface area contributed by atoms with Gasteiger partial charge in [-0.3, -0.25) is 0 Å². The molecule has 3 N–H and O–H groups in total. The first-order valence-electron chi connectivity index (χ1n) is 4.93. The van der Waals surface area contributed by atoms with Crippen molar-refractivity contribution in [2.24, 2.45) is 0 Å². The van der Waals surface area contributed by atoms with E-state index in [1.165, 1.54) is 13.4 Å². The summed E-state index contributed by atoms with van der Waals surface area (Å²) in [5, 5.41) is 9.30. The molecular weight excluding hydrogens is 208 g/mol. The van der Waals surface area contributed by atoms with Gasteiger partial charge >= 0.3 is 0 Å². The Bertz CT molecular complexity index is 368. The van der Waals surface area contributed by atoms with Crippen LogP contribution in [0.4, 0.5) is 11.6 Å². The van der Waals surface area contributed by atoms with Gasteiger partial charge in [0.05, 0.1) is 19.3 Å². The third-order valence-corrected chi connectivity index (χ3v) is 2.63. The van der Waals surface area contributed by atoms with E-state index in [9.17, 15) is 5.11 Å². The zero-order valence-electron chi connectivity index (χ0n) is 10.1. The van der Waals surface area contributed by atoms with Crippen molar-refractivity contribution in [3.8, 4) is 5.75 Å². The van der Waals surface area contributed by atoms with E-state index in [4.69, 9.17) is 10.5 Å².